The Labute approximate surface area is 181 Å². The van der Waals surface area contributed by atoms with E-state index < -0.39 is 11.9 Å². The Morgan fingerprint density at radius 1 is 1.03 bits per heavy atom. The van der Waals surface area contributed by atoms with E-state index in [1.165, 1.54) is 13.3 Å². The molecule has 2 heterocycles. The molecule has 8 atom stereocenters. The summed E-state index contributed by atoms with van der Waals surface area (Å²) < 4.78 is 30.5. The maximum atomic E-state index is 12.0. The van der Waals surface area contributed by atoms with Gasteiger partial charge in [0, 0.05) is 38.9 Å². The maximum absolute atomic E-state index is 12.0. The highest BCUT2D eigenvalue weighted by atomic mass is 16.8. The first-order valence-corrected chi connectivity index (χ1v) is 11.6. The zero-order chi connectivity index (χ0) is 21.9. The molecule has 2 saturated heterocycles. The highest BCUT2D eigenvalue weighted by Gasteiger charge is 2.72. The molecule has 0 bridgehead atoms. The predicted octanol–water partition coefficient (Wildman–Crippen LogP) is 4.44. The molecule has 2 aliphatic carbocycles. The average molecular weight is 425 g/mol. The van der Waals surface area contributed by atoms with E-state index in [9.17, 15) is 4.79 Å². The van der Waals surface area contributed by atoms with Gasteiger partial charge in [0.25, 0.3) is 0 Å². The van der Waals surface area contributed by atoms with Gasteiger partial charge in [-0.25, -0.2) is 0 Å². The Morgan fingerprint density at radius 3 is 2.40 bits per heavy atom. The molecular weight excluding hydrogens is 384 g/mol. The van der Waals surface area contributed by atoms with Gasteiger partial charge < -0.3 is 23.7 Å². The number of hydrogen-bond acceptors (Lipinski definition) is 6. The van der Waals surface area contributed by atoms with E-state index in [2.05, 4.69) is 27.7 Å². The molecule has 4 fully saturated rings. The summed E-state index contributed by atoms with van der Waals surface area (Å²) in [6, 6.07) is 0. The Hall–Kier alpha value is -0.690. The van der Waals surface area contributed by atoms with E-state index in [0.29, 0.717) is 6.42 Å². The summed E-state index contributed by atoms with van der Waals surface area (Å²) in [5.41, 5.74) is -0.761. The van der Waals surface area contributed by atoms with Crippen LogP contribution in [0.5, 0.6) is 0 Å². The van der Waals surface area contributed by atoms with Gasteiger partial charge in [0.05, 0.1) is 5.60 Å². The quantitative estimate of drug-likeness (QED) is 0.624. The minimum atomic E-state index is -0.479. The molecule has 30 heavy (non-hydrogen) atoms. The second-order valence-electron chi connectivity index (χ2n) is 11.2. The molecule has 6 heteroatoms. The maximum Gasteiger partial charge on any atom is 0.302 e. The van der Waals surface area contributed by atoms with Gasteiger partial charge in [-0.05, 0) is 43.4 Å². The predicted molar refractivity (Wildman–Crippen MR) is 112 cm³/mol. The van der Waals surface area contributed by atoms with E-state index in [1.807, 2.05) is 0 Å². The zero-order valence-corrected chi connectivity index (χ0v) is 19.8. The molecule has 0 aromatic heterocycles. The van der Waals surface area contributed by atoms with Crippen LogP contribution in [-0.4, -0.2) is 50.1 Å². The lowest BCUT2D eigenvalue weighted by atomic mass is 9.43. The SMILES string of the molecule is CO[C@@H]1C[C@@]2(CC[C@@]3(O2)[C@H](C)C[C@@H](OC(C)=O)[C@H]2C(C)(C)CCC[C@@]23C)[C@@H](OC)O1. The van der Waals surface area contributed by atoms with Crippen LogP contribution in [0.3, 0.4) is 0 Å². The van der Waals surface area contributed by atoms with Crippen LogP contribution in [0.1, 0.15) is 79.6 Å². The van der Waals surface area contributed by atoms with Crippen molar-refractivity contribution in [1.82, 2.24) is 0 Å². The van der Waals surface area contributed by atoms with Crippen molar-refractivity contribution in [3.63, 3.8) is 0 Å². The summed E-state index contributed by atoms with van der Waals surface area (Å²) >= 11 is 0. The first-order valence-electron chi connectivity index (χ1n) is 11.6. The van der Waals surface area contributed by atoms with Crippen LogP contribution in [0, 0.1) is 22.7 Å². The van der Waals surface area contributed by atoms with Crippen LogP contribution in [0.25, 0.3) is 0 Å². The second-order valence-corrected chi connectivity index (χ2v) is 11.2. The van der Waals surface area contributed by atoms with Gasteiger partial charge >= 0.3 is 5.97 Å². The van der Waals surface area contributed by atoms with Crippen molar-refractivity contribution in [2.45, 2.75) is 109 Å². The molecule has 0 aromatic rings. The van der Waals surface area contributed by atoms with Crippen LogP contribution < -0.4 is 0 Å². The van der Waals surface area contributed by atoms with Gasteiger partial charge in [0.2, 0.25) is 0 Å². The number of hydrogen-bond donors (Lipinski definition) is 0. The van der Waals surface area contributed by atoms with E-state index in [0.717, 1.165) is 32.1 Å². The third kappa shape index (κ3) is 3.08. The topological polar surface area (TPSA) is 63.2 Å². The molecule has 2 aliphatic heterocycles. The summed E-state index contributed by atoms with van der Waals surface area (Å²) in [7, 11) is 3.36. The Bertz CT molecular complexity index is 679. The molecule has 0 N–H and O–H groups in total. The van der Waals surface area contributed by atoms with Crippen molar-refractivity contribution < 1.29 is 28.5 Å². The lowest BCUT2D eigenvalue weighted by Gasteiger charge is -2.65. The van der Waals surface area contributed by atoms with Crippen molar-refractivity contribution in [2.75, 3.05) is 14.2 Å². The largest absolute Gasteiger partial charge is 0.462 e. The van der Waals surface area contributed by atoms with Gasteiger partial charge in [-0.15, -0.1) is 0 Å². The molecule has 172 valence electrons. The number of fused-ring (bicyclic) bond motifs is 2. The highest BCUT2D eigenvalue weighted by Crippen LogP contribution is 2.69. The molecule has 2 saturated carbocycles. The summed E-state index contributed by atoms with van der Waals surface area (Å²) in [4.78, 5) is 12.0. The molecule has 4 rings (SSSR count). The fourth-order valence-electron chi connectivity index (χ4n) is 8.06. The van der Waals surface area contributed by atoms with Gasteiger partial charge in [-0.2, -0.15) is 0 Å². The summed E-state index contributed by atoms with van der Waals surface area (Å²) in [5.74, 6) is 0.355. The van der Waals surface area contributed by atoms with Crippen LogP contribution in [0.4, 0.5) is 0 Å². The summed E-state index contributed by atoms with van der Waals surface area (Å²) in [6.07, 6.45) is 6.03. The molecule has 0 radical (unpaired) electrons. The number of methoxy groups -OCH3 is 2. The van der Waals surface area contributed by atoms with Gasteiger partial charge in [0.15, 0.2) is 12.6 Å². The number of esters is 1. The van der Waals surface area contributed by atoms with Crippen LogP contribution in [0.15, 0.2) is 0 Å². The Balaban J connectivity index is 1.74. The van der Waals surface area contributed by atoms with E-state index in [-0.39, 0.29) is 46.6 Å². The average Bonchev–Trinajstić information content (AvgIpc) is 3.21. The molecular formula is C24H40O6. The van der Waals surface area contributed by atoms with Crippen LogP contribution in [-0.2, 0) is 28.5 Å². The number of carbonyl (C=O) groups excluding carboxylic acids is 1. The Kier molecular flexibility index (Phi) is 5.57. The first kappa shape index (κ1) is 22.5. The van der Waals surface area contributed by atoms with Crippen molar-refractivity contribution in [1.29, 1.82) is 0 Å². The van der Waals surface area contributed by atoms with E-state index in [1.54, 1.807) is 14.2 Å². The molecule has 4 aliphatic rings. The smallest absolute Gasteiger partial charge is 0.302 e. The standard InChI is InChI=1S/C24H40O6/c1-15-13-17(28-16(2)25)19-21(3,4)9-8-10-22(19,5)24(15)12-11-23(30-24)14-18(26-6)29-20(23)27-7/h15,17-20H,8-14H2,1-7H3/t15-,17-,18+,19+,20+,22+,23+,24-/m1/s1. The molecule has 0 amide bonds. The number of ether oxygens (including phenoxy) is 5. The molecule has 0 unspecified atom stereocenters. The van der Waals surface area contributed by atoms with E-state index >= 15 is 0 Å². The second kappa shape index (κ2) is 7.43. The van der Waals surface area contributed by atoms with Gasteiger partial charge in [-0.3, -0.25) is 4.79 Å². The van der Waals surface area contributed by atoms with Crippen molar-refractivity contribution in [3.05, 3.63) is 0 Å². The summed E-state index contributed by atoms with van der Waals surface area (Å²) in [6.45, 7) is 10.9. The van der Waals surface area contributed by atoms with Gasteiger partial charge in [0.1, 0.15) is 11.7 Å². The first-order chi connectivity index (χ1) is 14.0. The van der Waals surface area contributed by atoms with Crippen LogP contribution >= 0.6 is 0 Å². The molecule has 6 nitrogen and oxygen atoms in total. The van der Waals surface area contributed by atoms with Crippen molar-refractivity contribution in [3.8, 4) is 0 Å². The van der Waals surface area contributed by atoms with Crippen LogP contribution in [0.2, 0.25) is 0 Å². The van der Waals surface area contributed by atoms with Gasteiger partial charge in [-0.1, -0.05) is 34.1 Å². The summed E-state index contributed by atoms with van der Waals surface area (Å²) in [5, 5.41) is 0. The molecule has 2 spiro atoms. The minimum Gasteiger partial charge on any atom is -0.462 e. The lowest BCUT2D eigenvalue weighted by molar-refractivity contribution is -0.296. The highest BCUT2D eigenvalue weighted by molar-refractivity contribution is 5.66. The van der Waals surface area contributed by atoms with E-state index in [4.69, 9.17) is 23.7 Å². The fourth-order valence-corrected chi connectivity index (χ4v) is 8.06. The third-order valence-electron chi connectivity index (χ3n) is 9.08. The third-order valence-corrected chi connectivity index (χ3v) is 9.08. The normalized spacial score (nSPS) is 50.0. The van der Waals surface area contributed by atoms with Crippen molar-refractivity contribution >= 4 is 5.97 Å². The zero-order valence-electron chi connectivity index (χ0n) is 19.8. The fraction of sp³-hybridized carbons (Fsp3) is 0.958. The minimum absolute atomic E-state index is 0.0617. The number of carbonyl (C=O) groups is 1. The Morgan fingerprint density at radius 2 is 1.77 bits per heavy atom. The lowest BCUT2D eigenvalue weighted by Crippen LogP contribution is -2.67. The number of rotatable bonds is 3. The molecule has 0 aromatic carbocycles. The van der Waals surface area contributed by atoms with Crippen molar-refractivity contribution in [2.24, 2.45) is 22.7 Å². The monoisotopic (exact) mass is 424 g/mol.